The molecule has 0 bridgehead atoms. The first kappa shape index (κ1) is 26.2. The molecule has 1 aliphatic rings. The van der Waals surface area contributed by atoms with E-state index in [9.17, 15) is 4.79 Å². The van der Waals surface area contributed by atoms with Crippen molar-refractivity contribution >= 4 is 28.5 Å². The number of anilines is 1. The van der Waals surface area contributed by atoms with E-state index in [0.29, 0.717) is 16.5 Å². The van der Waals surface area contributed by atoms with Gasteiger partial charge < -0.3 is 24.8 Å². The van der Waals surface area contributed by atoms with Gasteiger partial charge in [0.25, 0.3) is 5.91 Å². The molecule has 4 rings (SSSR count). The number of amidine groups is 1. The van der Waals surface area contributed by atoms with Crippen molar-refractivity contribution in [2.45, 2.75) is 25.6 Å². The normalized spacial score (nSPS) is 14.9. The van der Waals surface area contributed by atoms with Crippen LogP contribution in [0.4, 0.5) is 5.69 Å². The number of ether oxygens (including phenoxy) is 3. The molecule has 1 amide bonds. The number of nitrogens with one attached hydrogen (secondary N) is 2. The Balaban J connectivity index is 1.66. The number of thioether (sulfide) groups is 1. The van der Waals surface area contributed by atoms with Crippen LogP contribution in [0.1, 0.15) is 29.7 Å². The van der Waals surface area contributed by atoms with Crippen LogP contribution in [0.15, 0.2) is 83.0 Å². The van der Waals surface area contributed by atoms with Crippen molar-refractivity contribution in [2.75, 3.05) is 26.6 Å². The molecule has 0 unspecified atom stereocenters. The number of hydrogen-bond donors (Lipinski definition) is 2. The lowest BCUT2D eigenvalue weighted by Gasteiger charge is -2.27. The zero-order chi connectivity index (χ0) is 26.4. The quantitative estimate of drug-likeness (QED) is 0.389. The number of benzene rings is 3. The summed E-state index contributed by atoms with van der Waals surface area (Å²) in [6, 6.07) is 20.6. The van der Waals surface area contributed by atoms with Crippen LogP contribution in [0.3, 0.4) is 0 Å². The standard InChI is InChI=1S/C29H31N3O4S/c1-18-11-12-20(16-25(18)36-5)27-26(28(33)31-22-9-7-6-8-10-22)19(2)30-29(32-27)37-17-21-15-23(34-3)13-14-24(21)35-4/h6-16,27H,17H2,1-5H3,(H,30,32)(H,31,33)/t27-/m0/s1. The third kappa shape index (κ3) is 6.09. The Morgan fingerprint density at radius 2 is 1.70 bits per heavy atom. The summed E-state index contributed by atoms with van der Waals surface area (Å²) in [5.41, 5.74) is 4.89. The number of aryl methyl sites for hydroxylation is 1. The predicted molar refractivity (Wildman–Crippen MR) is 150 cm³/mol. The van der Waals surface area contributed by atoms with Crippen LogP contribution < -0.4 is 24.8 Å². The Labute approximate surface area is 221 Å². The van der Waals surface area contributed by atoms with E-state index in [-0.39, 0.29) is 5.91 Å². The fraction of sp³-hybridized carbons (Fsp3) is 0.241. The number of methoxy groups -OCH3 is 3. The van der Waals surface area contributed by atoms with Gasteiger partial charge in [-0.3, -0.25) is 4.79 Å². The Kier molecular flexibility index (Phi) is 8.40. The number of para-hydroxylation sites is 1. The molecule has 1 heterocycles. The molecular weight excluding hydrogens is 486 g/mol. The maximum Gasteiger partial charge on any atom is 0.255 e. The summed E-state index contributed by atoms with van der Waals surface area (Å²) in [7, 11) is 4.94. The summed E-state index contributed by atoms with van der Waals surface area (Å²) in [5, 5.41) is 7.06. The molecule has 7 nitrogen and oxygen atoms in total. The Hall–Kier alpha value is -3.91. The smallest absolute Gasteiger partial charge is 0.255 e. The second-order valence-electron chi connectivity index (χ2n) is 8.52. The number of hydrogen-bond acceptors (Lipinski definition) is 7. The monoisotopic (exact) mass is 517 g/mol. The van der Waals surface area contributed by atoms with Crippen LogP contribution in [-0.2, 0) is 10.5 Å². The molecule has 37 heavy (non-hydrogen) atoms. The van der Waals surface area contributed by atoms with E-state index in [0.717, 1.165) is 45.3 Å². The van der Waals surface area contributed by atoms with Crippen molar-refractivity contribution in [1.82, 2.24) is 5.32 Å². The molecule has 0 radical (unpaired) electrons. The van der Waals surface area contributed by atoms with E-state index in [1.165, 1.54) is 11.8 Å². The average molecular weight is 518 g/mol. The maximum atomic E-state index is 13.5. The van der Waals surface area contributed by atoms with Crippen molar-refractivity contribution in [2.24, 2.45) is 4.99 Å². The van der Waals surface area contributed by atoms with E-state index in [1.54, 1.807) is 21.3 Å². The second kappa shape index (κ2) is 11.9. The van der Waals surface area contributed by atoms with Crippen LogP contribution >= 0.6 is 11.8 Å². The van der Waals surface area contributed by atoms with Gasteiger partial charge in [-0.1, -0.05) is 42.1 Å². The third-order valence-electron chi connectivity index (χ3n) is 6.09. The predicted octanol–water partition coefficient (Wildman–Crippen LogP) is 5.87. The zero-order valence-electron chi connectivity index (χ0n) is 21.6. The van der Waals surface area contributed by atoms with Gasteiger partial charge in [0, 0.05) is 22.7 Å². The topological polar surface area (TPSA) is 81.2 Å². The van der Waals surface area contributed by atoms with Crippen LogP contribution in [-0.4, -0.2) is 32.4 Å². The third-order valence-corrected chi connectivity index (χ3v) is 7.03. The summed E-state index contributed by atoms with van der Waals surface area (Å²) < 4.78 is 16.5. The number of rotatable bonds is 8. The highest BCUT2D eigenvalue weighted by molar-refractivity contribution is 8.13. The zero-order valence-corrected chi connectivity index (χ0v) is 22.4. The molecule has 3 aromatic carbocycles. The summed E-state index contributed by atoms with van der Waals surface area (Å²) >= 11 is 1.54. The largest absolute Gasteiger partial charge is 0.497 e. The summed E-state index contributed by atoms with van der Waals surface area (Å²) in [4.78, 5) is 18.5. The fourth-order valence-corrected chi connectivity index (χ4v) is 5.05. The first-order valence-corrected chi connectivity index (χ1v) is 12.8. The highest BCUT2D eigenvalue weighted by atomic mass is 32.2. The van der Waals surface area contributed by atoms with Crippen LogP contribution in [0, 0.1) is 6.92 Å². The molecule has 1 aliphatic heterocycles. The summed E-state index contributed by atoms with van der Waals surface area (Å²) in [6.45, 7) is 3.89. The van der Waals surface area contributed by atoms with E-state index < -0.39 is 6.04 Å². The van der Waals surface area contributed by atoms with Gasteiger partial charge in [-0.2, -0.15) is 0 Å². The van der Waals surface area contributed by atoms with Crippen molar-refractivity contribution in [3.8, 4) is 17.2 Å². The lowest BCUT2D eigenvalue weighted by Crippen LogP contribution is -2.32. The number of amides is 1. The number of allylic oxidation sites excluding steroid dienone is 1. The molecule has 0 saturated heterocycles. The molecule has 0 saturated carbocycles. The first-order valence-electron chi connectivity index (χ1n) is 11.8. The summed E-state index contributed by atoms with van der Waals surface area (Å²) in [6.07, 6.45) is 0. The fourth-order valence-electron chi connectivity index (χ4n) is 4.12. The molecule has 192 valence electrons. The number of nitrogens with zero attached hydrogens (tertiary/aromatic N) is 1. The lowest BCUT2D eigenvalue weighted by atomic mass is 9.94. The molecule has 0 spiro atoms. The van der Waals surface area contributed by atoms with Gasteiger partial charge in [-0.25, -0.2) is 4.99 Å². The van der Waals surface area contributed by atoms with Gasteiger partial charge in [-0.15, -0.1) is 0 Å². The Morgan fingerprint density at radius 1 is 0.946 bits per heavy atom. The highest BCUT2D eigenvalue weighted by Crippen LogP contribution is 2.36. The average Bonchev–Trinajstić information content (AvgIpc) is 2.92. The van der Waals surface area contributed by atoms with Gasteiger partial charge in [-0.05, 0) is 61.4 Å². The molecule has 1 atom stereocenters. The van der Waals surface area contributed by atoms with Crippen molar-refractivity contribution in [3.63, 3.8) is 0 Å². The Bertz CT molecular complexity index is 1340. The number of aliphatic imine (C=N–C) groups is 1. The minimum Gasteiger partial charge on any atom is -0.497 e. The van der Waals surface area contributed by atoms with Crippen LogP contribution in [0.2, 0.25) is 0 Å². The molecular formula is C29H31N3O4S. The van der Waals surface area contributed by atoms with Crippen LogP contribution in [0.5, 0.6) is 17.2 Å². The molecule has 2 N–H and O–H groups in total. The van der Waals surface area contributed by atoms with Crippen molar-refractivity contribution in [1.29, 1.82) is 0 Å². The lowest BCUT2D eigenvalue weighted by molar-refractivity contribution is -0.113. The molecule has 0 aliphatic carbocycles. The van der Waals surface area contributed by atoms with Gasteiger partial charge in [0.2, 0.25) is 0 Å². The second-order valence-corrected chi connectivity index (χ2v) is 9.48. The van der Waals surface area contributed by atoms with Crippen LogP contribution in [0.25, 0.3) is 0 Å². The SMILES string of the molecule is COc1ccc(OC)c(CSC2=N[C@@H](c3ccc(C)c(OC)c3)C(C(=O)Nc3ccccc3)=C(C)N2)c1. The number of carbonyl (C=O) groups is 1. The highest BCUT2D eigenvalue weighted by Gasteiger charge is 2.30. The van der Waals surface area contributed by atoms with E-state index in [2.05, 4.69) is 10.6 Å². The van der Waals surface area contributed by atoms with E-state index in [4.69, 9.17) is 19.2 Å². The molecule has 3 aromatic rings. The van der Waals surface area contributed by atoms with E-state index >= 15 is 0 Å². The van der Waals surface area contributed by atoms with Gasteiger partial charge in [0.1, 0.15) is 23.3 Å². The minimum absolute atomic E-state index is 0.206. The van der Waals surface area contributed by atoms with Gasteiger partial charge in [0.15, 0.2) is 5.17 Å². The van der Waals surface area contributed by atoms with Gasteiger partial charge in [0.05, 0.1) is 26.9 Å². The molecule has 8 heteroatoms. The first-order chi connectivity index (χ1) is 17.9. The van der Waals surface area contributed by atoms with E-state index in [1.807, 2.05) is 80.6 Å². The summed E-state index contributed by atoms with van der Waals surface area (Å²) in [5.74, 6) is 2.69. The van der Waals surface area contributed by atoms with Crippen molar-refractivity contribution < 1.29 is 19.0 Å². The molecule has 0 aromatic heterocycles. The minimum atomic E-state index is -0.505. The Morgan fingerprint density at radius 3 is 2.41 bits per heavy atom. The number of carbonyl (C=O) groups excluding carboxylic acids is 1. The maximum absolute atomic E-state index is 13.5. The van der Waals surface area contributed by atoms with Gasteiger partial charge >= 0.3 is 0 Å². The molecule has 0 fully saturated rings. The van der Waals surface area contributed by atoms with Crippen molar-refractivity contribution in [3.05, 3.63) is 94.7 Å².